The van der Waals surface area contributed by atoms with E-state index < -0.39 is 0 Å². The fourth-order valence-electron chi connectivity index (χ4n) is 1.06. The number of tetrazole rings is 1. The summed E-state index contributed by atoms with van der Waals surface area (Å²) in [5.74, 6) is 0.295. The van der Waals surface area contributed by atoms with Gasteiger partial charge in [0.15, 0.2) is 0 Å². The van der Waals surface area contributed by atoms with Crippen LogP contribution in [0.25, 0.3) is 5.69 Å². The highest BCUT2D eigenvalue weighted by Gasteiger charge is 2.02. The molecule has 2 N–H and O–H groups in total. The Kier molecular flexibility index (Phi) is 1.70. The third kappa shape index (κ3) is 1.35. The maximum Gasteiger partial charge on any atom is 0.245 e. The van der Waals surface area contributed by atoms with Crippen molar-refractivity contribution in [3.8, 4) is 5.69 Å². The van der Waals surface area contributed by atoms with Gasteiger partial charge in [-0.2, -0.15) is 4.68 Å². The predicted molar refractivity (Wildman–Crippen MR) is 48.3 cm³/mol. The number of nitrogens with two attached hydrogens (primary N) is 1. The molecular weight excluding hydrogens is 166 g/mol. The number of benzene rings is 1. The normalized spacial score (nSPS) is 10.2. The van der Waals surface area contributed by atoms with Crippen molar-refractivity contribution in [3.63, 3.8) is 0 Å². The molecule has 0 unspecified atom stereocenters. The summed E-state index contributed by atoms with van der Waals surface area (Å²) in [7, 11) is 0. The lowest BCUT2D eigenvalue weighted by molar-refractivity contribution is 0.792. The smallest absolute Gasteiger partial charge is 0.245 e. The molecule has 0 aliphatic carbocycles. The van der Waals surface area contributed by atoms with Crippen LogP contribution in [0.2, 0.25) is 0 Å². The molecule has 2 rings (SSSR count). The van der Waals surface area contributed by atoms with Gasteiger partial charge in [-0.05, 0) is 29.5 Å². The highest BCUT2D eigenvalue weighted by Crippen LogP contribution is 2.09. The first-order valence-electron chi connectivity index (χ1n) is 3.88. The number of rotatable bonds is 1. The first-order chi connectivity index (χ1) is 6.27. The van der Waals surface area contributed by atoms with Crippen LogP contribution in [0.1, 0.15) is 5.56 Å². The highest BCUT2D eigenvalue weighted by atomic mass is 15.6. The van der Waals surface area contributed by atoms with E-state index >= 15 is 0 Å². The predicted octanol–water partition coefficient (Wildman–Crippen LogP) is 0.553. The molecule has 0 radical (unpaired) electrons. The van der Waals surface area contributed by atoms with Crippen molar-refractivity contribution in [1.29, 1.82) is 0 Å². The van der Waals surface area contributed by atoms with Crippen molar-refractivity contribution < 1.29 is 0 Å². The van der Waals surface area contributed by atoms with E-state index in [1.807, 2.05) is 31.2 Å². The molecule has 0 saturated carbocycles. The molecule has 0 aliphatic heterocycles. The number of hydrogen-bond acceptors (Lipinski definition) is 4. The summed E-state index contributed by atoms with van der Waals surface area (Å²) in [6.07, 6.45) is 0. The summed E-state index contributed by atoms with van der Waals surface area (Å²) in [6.45, 7) is 2.02. The first-order valence-corrected chi connectivity index (χ1v) is 3.88. The van der Waals surface area contributed by atoms with Crippen LogP contribution in [-0.2, 0) is 0 Å². The van der Waals surface area contributed by atoms with Crippen LogP contribution in [0, 0.1) is 6.92 Å². The third-order valence-electron chi connectivity index (χ3n) is 1.77. The Hall–Kier alpha value is -1.91. The van der Waals surface area contributed by atoms with Crippen LogP contribution in [0.4, 0.5) is 5.95 Å². The van der Waals surface area contributed by atoms with Crippen molar-refractivity contribution in [2.24, 2.45) is 0 Å². The monoisotopic (exact) mass is 175 g/mol. The van der Waals surface area contributed by atoms with Crippen LogP contribution in [0.5, 0.6) is 0 Å². The van der Waals surface area contributed by atoms with Crippen LogP contribution < -0.4 is 5.73 Å². The lowest BCUT2D eigenvalue weighted by atomic mass is 10.2. The lowest BCUT2D eigenvalue weighted by Gasteiger charge is -2.00. The van der Waals surface area contributed by atoms with E-state index in [-0.39, 0.29) is 0 Å². The maximum absolute atomic E-state index is 5.54. The van der Waals surface area contributed by atoms with Crippen molar-refractivity contribution in [3.05, 3.63) is 29.8 Å². The summed E-state index contributed by atoms with van der Waals surface area (Å²) in [5.41, 5.74) is 7.60. The second-order valence-electron chi connectivity index (χ2n) is 2.78. The van der Waals surface area contributed by atoms with Gasteiger partial charge in [-0.3, -0.25) is 0 Å². The number of nitrogen functional groups attached to an aromatic ring is 1. The van der Waals surface area contributed by atoms with Gasteiger partial charge in [-0.1, -0.05) is 22.8 Å². The van der Waals surface area contributed by atoms with E-state index in [4.69, 9.17) is 5.73 Å². The fourth-order valence-corrected chi connectivity index (χ4v) is 1.06. The van der Waals surface area contributed by atoms with Crippen LogP contribution in [-0.4, -0.2) is 20.2 Å². The largest absolute Gasteiger partial charge is 0.366 e. The minimum atomic E-state index is 0.295. The van der Waals surface area contributed by atoms with Gasteiger partial charge in [0, 0.05) is 0 Å². The number of anilines is 1. The minimum absolute atomic E-state index is 0.295. The molecule has 0 aliphatic rings. The van der Waals surface area contributed by atoms with Crippen LogP contribution in [0.15, 0.2) is 24.3 Å². The molecule has 0 saturated heterocycles. The Morgan fingerprint density at radius 2 is 1.92 bits per heavy atom. The maximum atomic E-state index is 5.54. The molecule has 66 valence electrons. The van der Waals surface area contributed by atoms with Gasteiger partial charge in [-0.15, -0.1) is 0 Å². The Labute approximate surface area is 75.2 Å². The molecule has 0 amide bonds. The van der Waals surface area contributed by atoms with E-state index in [1.165, 1.54) is 10.2 Å². The molecule has 5 nitrogen and oxygen atoms in total. The molecule has 0 bridgehead atoms. The van der Waals surface area contributed by atoms with Gasteiger partial charge >= 0.3 is 0 Å². The number of nitrogens with zero attached hydrogens (tertiary/aromatic N) is 4. The quantitative estimate of drug-likeness (QED) is 0.687. The molecule has 0 spiro atoms. The second-order valence-corrected chi connectivity index (χ2v) is 2.78. The van der Waals surface area contributed by atoms with Gasteiger partial charge in [0.2, 0.25) is 5.95 Å². The molecule has 0 atom stereocenters. The fraction of sp³-hybridized carbons (Fsp3) is 0.125. The SMILES string of the molecule is Cc1ccc(-n2nnnc2N)cc1. The lowest BCUT2D eigenvalue weighted by Crippen LogP contribution is -2.02. The number of aryl methyl sites for hydroxylation is 1. The number of hydrogen-bond donors (Lipinski definition) is 1. The summed E-state index contributed by atoms with van der Waals surface area (Å²) in [5, 5.41) is 10.8. The molecule has 2 aromatic rings. The molecule has 1 aromatic carbocycles. The van der Waals surface area contributed by atoms with Crippen LogP contribution >= 0.6 is 0 Å². The van der Waals surface area contributed by atoms with E-state index in [0.717, 1.165) is 5.69 Å². The summed E-state index contributed by atoms with van der Waals surface area (Å²) >= 11 is 0. The Morgan fingerprint density at radius 3 is 2.46 bits per heavy atom. The van der Waals surface area contributed by atoms with E-state index in [1.54, 1.807) is 0 Å². The van der Waals surface area contributed by atoms with Crippen molar-refractivity contribution in [1.82, 2.24) is 20.2 Å². The summed E-state index contributed by atoms with van der Waals surface area (Å²) < 4.78 is 1.49. The molecule has 0 fully saturated rings. The third-order valence-corrected chi connectivity index (χ3v) is 1.77. The van der Waals surface area contributed by atoms with Crippen molar-refractivity contribution in [2.75, 3.05) is 5.73 Å². The highest BCUT2D eigenvalue weighted by molar-refractivity contribution is 5.37. The molecule has 1 aromatic heterocycles. The van der Waals surface area contributed by atoms with Crippen molar-refractivity contribution >= 4 is 5.95 Å². The van der Waals surface area contributed by atoms with E-state index in [2.05, 4.69) is 15.5 Å². The van der Waals surface area contributed by atoms with Gasteiger partial charge in [0.1, 0.15) is 0 Å². The second kappa shape index (κ2) is 2.85. The average molecular weight is 175 g/mol. The van der Waals surface area contributed by atoms with Gasteiger partial charge in [0.25, 0.3) is 0 Å². The van der Waals surface area contributed by atoms with Gasteiger partial charge < -0.3 is 5.73 Å². The van der Waals surface area contributed by atoms with Gasteiger partial charge in [0.05, 0.1) is 5.69 Å². The zero-order chi connectivity index (χ0) is 9.26. The Balaban J connectivity index is 2.47. The zero-order valence-electron chi connectivity index (χ0n) is 7.18. The topological polar surface area (TPSA) is 69.6 Å². The Morgan fingerprint density at radius 1 is 1.23 bits per heavy atom. The molecule has 1 heterocycles. The first kappa shape index (κ1) is 7.72. The van der Waals surface area contributed by atoms with E-state index in [9.17, 15) is 0 Å². The van der Waals surface area contributed by atoms with Crippen LogP contribution in [0.3, 0.4) is 0 Å². The van der Waals surface area contributed by atoms with Crippen molar-refractivity contribution in [2.45, 2.75) is 6.92 Å². The van der Waals surface area contributed by atoms with E-state index in [0.29, 0.717) is 5.95 Å². The number of aromatic nitrogens is 4. The molecule has 5 heteroatoms. The average Bonchev–Trinajstić information content (AvgIpc) is 2.53. The zero-order valence-corrected chi connectivity index (χ0v) is 7.18. The summed E-state index contributed by atoms with van der Waals surface area (Å²) in [4.78, 5) is 0. The standard InChI is InChI=1S/C8H9N5/c1-6-2-4-7(5-3-6)13-8(9)10-11-12-13/h2-5H,1H3,(H2,9,10,12). The Bertz CT molecular complexity index is 403. The summed E-state index contributed by atoms with van der Waals surface area (Å²) in [6, 6.07) is 7.80. The molecule has 13 heavy (non-hydrogen) atoms. The molecular formula is C8H9N5. The minimum Gasteiger partial charge on any atom is -0.366 e. The van der Waals surface area contributed by atoms with Gasteiger partial charge in [-0.25, -0.2) is 0 Å².